The molecule has 2 aromatic rings. The average Bonchev–Trinajstić information content (AvgIpc) is 3.19. The van der Waals surface area contributed by atoms with E-state index in [0.29, 0.717) is 30.4 Å². The van der Waals surface area contributed by atoms with Crippen LogP contribution < -0.4 is 4.74 Å². The highest BCUT2D eigenvalue weighted by atomic mass is 16.5. The van der Waals surface area contributed by atoms with Crippen molar-refractivity contribution in [3.63, 3.8) is 0 Å². The minimum absolute atomic E-state index is 0.00587. The van der Waals surface area contributed by atoms with Gasteiger partial charge in [0.2, 0.25) is 0 Å². The normalized spacial score (nSPS) is 20.7. The van der Waals surface area contributed by atoms with Gasteiger partial charge in [0.1, 0.15) is 18.1 Å². The van der Waals surface area contributed by atoms with Gasteiger partial charge in [0, 0.05) is 19.9 Å². The summed E-state index contributed by atoms with van der Waals surface area (Å²) < 4.78 is 16.3. The van der Waals surface area contributed by atoms with Crippen LogP contribution >= 0.6 is 0 Å². The summed E-state index contributed by atoms with van der Waals surface area (Å²) in [7, 11) is 1.65. The van der Waals surface area contributed by atoms with Crippen LogP contribution in [0.15, 0.2) is 35.3 Å². The summed E-state index contributed by atoms with van der Waals surface area (Å²) in [4.78, 5) is 22.5. The number of hydrogen-bond acceptors (Lipinski definition) is 6. The van der Waals surface area contributed by atoms with Crippen LogP contribution in [0.25, 0.3) is 0 Å². The zero-order valence-electron chi connectivity index (χ0n) is 13.1. The number of ether oxygens (including phenoxy) is 2. The Morgan fingerprint density at radius 2 is 2.39 bits per heavy atom. The average molecular weight is 317 g/mol. The van der Waals surface area contributed by atoms with Crippen molar-refractivity contribution < 1.29 is 18.7 Å². The molecule has 0 aliphatic carbocycles. The Bertz CT molecular complexity index is 658. The number of rotatable bonds is 5. The quantitative estimate of drug-likeness (QED) is 0.835. The Hall–Kier alpha value is -2.41. The Labute approximate surface area is 134 Å². The molecular formula is C16H19N3O4. The maximum atomic E-state index is 12.7. The highest BCUT2D eigenvalue weighted by Gasteiger charge is 2.37. The van der Waals surface area contributed by atoms with Gasteiger partial charge in [-0.25, -0.2) is 4.98 Å². The molecule has 7 nitrogen and oxygen atoms in total. The van der Waals surface area contributed by atoms with Gasteiger partial charge < -0.3 is 18.8 Å². The van der Waals surface area contributed by atoms with Gasteiger partial charge in [-0.15, -0.1) is 0 Å². The van der Waals surface area contributed by atoms with E-state index in [9.17, 15) is 4.79 Å². The van der Waals surface area contributed by atoms with Crippen molar-refractivity contribution >= 4 is 5.91 Å². The first-order valence-corrected chi connectivity index (χ1v) is 7.45. The minimum Gasteiger partial charge on any atom is -0.490 e. The van der Waals surface area contributed by atoms with Gasteiger partial charge in [-0.3, -0.25) is 9.78 Å². The third kappa shape index (κ3) is 3.34. The van der Waals surface area contributed by atoms with Gasteiger partial charge in [-0.05, 0) is 25.5 Å². The second-order valence-corrected chi connectivity index (χ2v) is 5.46. The van der Waals surface area contributed by atoms with Crippen molar-refractivity contribution in [1.29, 1.82) is 0 Å². The number of amides is 1. The van der Waals surface area contributed by atoms with E-state index in [1.165, 1.54) is 6.39 Å². The Morgan fingerprint density at radius 1 is 1.52 bits per heavy atom. The third-order valence-corrected chi connectivity index (χ3v) is 3.99. The summed E-state index contributed by atoms with van der Waals surface area (Å²) in [5.41, 5.74) is 0.341. The lowest BCUT2D eigenvalue weighted by molar-refractivity contribution is 0.0651. The fourth-order valence-corrected chi connectivity index (χ4v) is 2.72. The number of oxazole rings is 1. The first kappa shape index (κ1) is 15.5. The highest BCUT2D eigenvalue weighted by Crippen LogP contribution is 2.24. The van der Waals surface area contributed by atoms with Gasteiger partial charge >= 0.3 is 0 Å². The van der Waals surface area contributed by atoms with Gasteiger partial charge in [0.25, 0.3) is 5.91 Å². The molecule has 23 heavy (non-hydrogen) atoms. The van der Waals surface area contributed by atoms with E-state index in [4.69, 9.17) is 13.9 Å². The summed E-state index contributed by atoms with van der Waals surface area (Å²) in [6.07, 6.45) is 5.34. The second kappa shape index (κ2) is 6.78. The second-order valence-electron chi connectivity index (χ2n) is 5.46. The Kier molecular flexibility index (Phi) is 4.57. The predicted octanol–water partition coefficient (Wildman–Crippen LogP) is 1.69. The standard InChI is InChI=1S/C16H19N3O4/c1-11-15(18-10-23-11)16(20)19-8-14(21-2)6-12(19)9-22-13-4-3-5-17-7-13/h3-5,7,10,12,14H,6,8-9H2,1-2H3/t12-,14+/m0/s1. The van der Waals surface area contributed by atoms with Crippen LogP contribution in [0.5, 0.6) is 5.75 Å². The molecule has 3 heterocycles. The van der Waals surface area contributed by atoms with Crippen molar-refractivity contribution in [2.75, 3.05) is 20.3 Å². The lowest BCUT2D eigenvalue weighted by Crippen LogP contribution is -2.39. The predicted molar refractivity (Wildman–Crippen MR) is 81.2 cm³/mol. The van der Waals surface area contributed by atoms with Crippen LogP contribution in [-0.4, -0.2) is 53.2 Å². The summed E-state index contributed by atoms with van der Waals surface area (Å²) in [5, 5.41) is 0. The van der Waals surface area contributed by atoms with E-state index in [1.807, 2.05) is 12.1 Å². The van der Waals surface area contributed by atoms with Crippen LogP contribution in [0.3, 0.4) is 0 Å². The number of hydrogen-bond donors (Lipinski definition) is 0. The van der Waals surface area contributed by atoms with Crippen LogP contribution in [-0.2, 0) is 4.74 Å². The first-order chi connectivity index (χ1) is 11.2. The van der Waals surface area contributed by atoms with E-state index in [2.05, 4.69) is 9.97 Å². The maximum absolute atomic E-state index is 12.7. The van der Waals surface area contributed by atoms with E-state index >= 15 is 0 Å². The molecule has 1 amide bonds. The highest BCUT2D eigenvalue weighted by molar-refractivity contribution is 5.93. The molecule has 0 bridgehead atoms. The molecule has 1 aliphatic heterocycles. The van der Waals surface area contributed by atoms with Crippen molar-refractivity contribution in [2.24, 2.45) is 0 Å². The molecular weight excluding hydrogens is 298 g/mol. The molecule has 0 spiro atoms. The van der Waals surface area contributed by atoms with Crippen LogP contribution in [0.1, 0.15) is 22.7 Å². The van der Waals surface area contributed by atoms with Gasteiger partial charge in [0.15, 0.2) is 12.1 Å². The van der Waals surface area contributed by atoms with Crippen molar-refractivity contribution in [1.82, 2.24) is 14.9 Å². The smallest absolute Gasteiger partial charge is 0.276 e. The monoisotopic (exact) mass is 317 g/mol. The van der Waals surface area contributed by atoms with Gasteiger partial charge in [-0.1, -0.05) is 0 Å². The van der Waals surface area contributed by atoms with Crippen LogP contribution in [0.2, 0.25) is 0 Å². The summed E-state index contributed by atoms with van der Waals surface area (Å²) in [5.74, 6) is 1.04. The van der Waals surface area contributed by atoms with Crippen molar-refractivity contribution in [3.05, 3.63) is 42.4 Å². The van der Waals surface area contributed by atoms with Gasteiger partial charge in [0.05, 0.1) is 18.3 Å². The lowest BCUT2D eigenvalue weighted by Gasteiger charge is -2.23. The molecule has 0 saturated carbocycles. The lowest BCUT2D eigenvalue weighted by atomic mass is 10.2. The number of aryl methyl sites for hydroxylation is 1. The summed E-state index contributed by atoms with van der Waals surface area (Å²) in [6.45, 7) is 2.63. The van der Waals surface area contributed by atoms with Gasteiger partial charge in [-0.2, -0.15) is 0 Å². The van der Waals surface area contributed by atoms with Crippen molar-refractivity contribution in [2.45, 2.75) is 25.5 Å². The fourth-order valence-electron chi connectivity index (χ4n) is 2.72. The number of methoxy groups -OCH3 is 1. The summed E-state index contributed by atoms with van der Waals surface area (Å²) >= 11 is 0. The number of nitrogens with zero attached hydrogens (tertiary/aromatic N) is 3. The number of carbonyl (C=O) groups excluding carboxylic acids is 1. The molecule has 7 heteroatoms. The van der Waals surface area contributed by atoms with Crippen LogP contribution in [0.4, 0.5) is 0 Å². The zero-order chi connectivity index (χ0) is 16.2. The number of aromatic nitrogens is 2. The molecule has 3 rings (SSSR count). The fraction of sp³-hybridized carbons (Fsp3) is 0.438. The molecule has 2 aromatic heterocycles. The first-order valence-electron chi connectivity index (χ1n) is 7.45. The molecule has 0 radical (unpaired) electrons. The van der Waals surface area contributed by atoms with E-state index in [0.717, 1.165) is 6.42 Å². The van der Waals surface area contributed by atoms with Crippen molar-refractivity contribution in [3.8, 4) is 5.75 Å². The third-order valence-electron chi connectivity index (χ3n) is 3.99. The minimum atomic E-state index is -0.157. The number of likely N-dealkylation sites (tertiary alicyclic amines) is 1. The molecule has 122 valence electrons. The number of pyridine rings is 1. The largest absolute Gasteiger partial charge is 0.490 e. The molecule has 0 N–H and O–H groups in total. The maximum Gasteiger partial charge on any atom is 0.276 e. The molecule has 1 fully saturated rings. The molecule has 0 aromatic carbocycles. The zero-order valence-corrected chi connectivity index (χ0v) is 13.1. The Morgan fingerprint density at radius 3 is 3.04 bits per heavy atom. The van der Waals surface area contributed by atoms with E-state index in [1.54, 1.807) is 31.3 Å². The topological polar surface area (TPSA) is 77.7 Å². The number of carbonyl (C=O) groups is 1. The molecule has 2 atom stereocenters. The van der Waals surface area contributed by atoms with E-state index < -0.39 is 0 Å². The summed E-state index contributed by atoms with van der Waals surface area (Å²) in [6, 6.07) is 3.57. The van der Waals surface area contributed by atoms with Crippen LogP contribution in [0, 0.1) is 6.92 Å². The molecule has 1 aliphatic rings. The SMILES string of the molecule is CO[C@@H]1C[C@@H](COc2cccnc2)N(C(=O)c2ncoc2C)C1. The van der Waals surface area contributed by atoms with E-state index in [-0.39, 0.29) is 18.1 Å². The molecule has 0 unspecified atom stereocenters. The Balaban J connectivity index is 1.71. The molecule has 1 saturated heterocycles.